The summed E-state index contributed by atoms with van der Waals surface area (Å²) in [6.45, 7) is 9.22. The molecule has 0 spiro atoms. The number of aromatic carboxylic acids is 1. The molecule has 0 unspecified atom stereocenters. The van der Waals surface area contributed by atoms with Crippen LogP contribution in [0.5, 0.6) is 0 Å². The first-order valence-corrected chi connectivity index (χ1v) is 5.60. The Morgan fingerprint density at radius 2 is 1.72 bits per heavy atom. The normalized spacial score (nSPS) is 9.94. The second-order valence-corrected chi connectivity index (χ2v) is 4.39. The Kier molecular flexibility index (Phi) is 4.26. The van der Waals surface area contributed by atoms with E-state index in [0.29, 0.717) is 17.7 Å². The van der Waals surface area contributed by atoms with Gasteiger partial charge in [0.25, 0.3) is 5.91 Å². The Morgan fingerprint density at radius 1 is 1.22 bits per heavy atom. The number of amides is 1. The van der Waals surface area contributed by atoms with E-state index in [1.54, 1.807) is 32.9 Å². The molecule has 0 saturated heterocycles. The number of nitrogens with one attached hydrogen (secondary N) is 1. The van der Waals surface area contributed by atoms with Gasteiger partial charge in [0.1, 0.15) is 0 Å². The highest BCUT2D eigenvalue weighted by Crippen LogP contribution is 2.18. The highest BCUT2D eigenvalue weighted by atomic mass is 16.4. The van der Waals surface area contributed by atoms with Crippen LogP contribution in [0.25, 0.3) is 0 Å². The van der Waals surface area contributed by atoms with Gasteiger partial charge in [0.05, 0.1) is 11.1 Å². The van der Waals surface area contributed by atoms with Crippen molar-refractivity contribution in [3.8, 4) is 0 Å². The number of rotatable bonds is 4. The van der Waals surface area contributed by atoms with Crippen LogP contribution in [0.2, 0.25) is 0 Å². The minimum absolute atomic E-state index is 0.0641. The Bertz CT molecular complexity index is 518. The summed E-state index contributed by atoms with van der Waals surface area (Å²) in [5.41, 5.74) is 2.33. The minimum Gasteiger partial charge on any atom is -0.478 e. The molecule has 0 bridgehead atoms. The van der Waals surface area contributed by atoms with E-state index in [1.807, 2.05) is 0 Å². The molecule has 0 atom stereocenters. The van der Waals surface area contributed by atoms with Crippen molar-refractivity contribution in [2.24, 2.45) is 0 Å². The lowest BCUT2D eigenvalue weighted by Crippen LogP contribution is -2.28. The summed E-state index contributed by atoms with van der Waals surface area (Å²) in [5.74, 6) is -1.46. The van der Waals surface area contributed by atoms with Gasteiger partial charge in [-0.05, 0) is 31.9 Å². The van der Waals surface area contributed by atoms with Crippen molar-refractivity contribution in [1.82, 2.24) is 5.32 Å². The van der Waals surface area contributed by atoms with Crippen LogP contribution in [-0.2, 0) is 0 Å². The third kappa shape index (κ3) is 2.97. The molecule has 0 aromatic heterocycles. The topological polar surface area (TPSA) is 66.4 Å². The van der Waals surface area contributed by atoms with E-state index in [-0.39, 0.29) is 17.0 Å². The smallest absolute Gasteiger partial charge is 0.336 e. The maximum atomic E-state index is 12.0. The summed E-state index contributed by atoms with van der Waals surface area (Å²) in [7, 11) is 0. The van der Waals surface area contributed by atoms with Gasteiger partial charge in [0.15, 0.2) is 0 Å². The fourth-order valence-corrected chi connectivity index (χ4v) is 1.70. The van der Waals surface area contributed by atoms with E-state index in [9.17, 15) is 14.7 Å². The number of carbonyl (C=O) groups is 2. The lowest BCUT2D eigenvalue weighted by molar-refractivity contribution is 0.0690. The molecule has 2 N–H and O–H groups in total. The Hall–Kier alpha value is -2.10. The number of carboxylic acids is 1. The molecule has 96 valence electrons. The van der Waals surface area contributed by atoms with E-state index in [2.05, 4.69) is 11.9 Å². The SMILES string of the molecule is C=C(C)CNC(=O)c1c(C)ccc(C)c1C(=O)O. The van der Waals surface area contributed by atoms with Crippen molar-refractivity contribution in [2.45, 2.75) is 20.8 Å². The van der Waals surface area contributed by atoms with Crippen LogP contribution in [0.15, 0.2) is 24.3 Å². The summed E-state index contributed by atoms with van der Waals surface area (Å²) in [6, 6.07) is 3.45. The standard InChI is InChI=1S/C14H17NO3/c1-8(2)7-15-13(16)11-9(3)5-6-10(4)12(11)14(17)18/h5-6H,1,7H2,2-4H3,(H,15,16)(H,17,18). The molecule has 18 heavy (non-hydrogen) atoms. The summed E-state index contributed by atoms with van der Waals surface area (Å²) >= 11 is 0. The molecule has 1 rings (SSSR count). The summed E-state index contributed by atoms with van der Waals surface area (Å²) in [5, 5.41) is 11.9. The second-order valence-electron chi connectivity index (χ2n) is 4.39. The lowest BCUT2D eigenvalue weighted by Gasteiger charge is -2.12. The van der Waals surface area contributed by atoms with Crippen LogP contribution in [0, 0.1) is 13.8 Å². The minimum atomic E-state index is -1.09. The fraction of sp³-hybridized carbons (Fsp3) is 0.286. The van der Waals surface area contributed by atoms with Crippen molar-refractivity contribution in [3.63, 3.8) is 0 Å². The van der Waals surface area contributed by atoms with Gasteiger partial charge in [-0.15, -0.1) is 0 Å². The van der Waals surface area contributed by atoms with Crippen molar-refractivity contribution in [3.05, 3.63) is 46.5 Å². The predicted octanol–water partition coefficient (Wildman–Crippen LogP) is 2.31. The molecular formula is C14H17NO3. The number of carboxylic acid groups (broad SMARTS) is 1. The van der Waals surface area contributed by atoms with Crippen molar-refractivity contribution >= 4 is 11.9 Å². The second kappa shape index (κ2) is 5.49. The first kappa shape index (κ1) is 14.0. The van der Waals surface area contributed by atoms with Gasteiger partial charge in [-0.1, -0.05) is 24.3 Å². The number of carbonyl (C=O) groups excluding carboxylic acids is 1. The highest BCUT2D eigenvalue weighted by molar-refractivity contribution is 6.06. The van der Waals surface area contributed by atoms with E-state index in [1.165, 1.54) is 0 Å². The van der Waals surface area contributed by atoms with Gasteiger partial charge in [-0.3, -0.25) is 4.79 Å². The van der Waals surface area contributed by atoms with Crippen LogP contribution in [0.1, 0.15) is 38.8 Å². The van der Waals surface area contributed by atoms with Gasteiger partial charge < -0.3 is 10.4 Å². The van der Waals surface area contributed by atoms with E-state index in [4.69, 9.17) is 0 Å². The molecule has 0 radical (unpaired) electrons. The Labute approximate surface area is 106 Å². The van der Waals surface area contributed by atoms with E-state index in [0.717, 1.165) is 5.57 Å². The van der Waals surface area contributed by atoms with E-state index < -0.39 is 5.97 Å². The molecule has 0 fully saturated rings. The molecule has 0 aliphatic heterocycles. The summed E-state index contributed by atoms with van der Waals surface area (Å²) < 4.78 is 0. The third-order valence-electron chi connectivity index (χ3n) is 2.61. The number of aryl methyl sites for hydroxylation is 2. The zero-order valence-electron chi connectivity index (χ0n) is 10.8. The monoisotopic (exact) mass is 247 g/mol. The van der Waals surface area contributed by atoms with Gasteiger partial charge in [-0.2, -0.15) is 0 Å². The molecule has 4 heteroatoms. The van der Waals surface area contributed by atoms with Gasteiger partial charge in [0, 0.05) is 6.54 Å². The predicted molar refractivity (Wildman–Crippen MR) is 70.0 cm³/mol. The van der Waals surface area contributed by atoms with Crippen LogP contribution < -0.4 is 5.32 Å². The van der Waals surface area contributed by atoms with Gasteiger partial charge in [0.2, 0.25) is 0 Å². The van der Waals surface area contributed by atoms with Crippen LogP contribution in [-0.4, -0.2) is 23.5 Å². The molecule has 4 nitrogen and oxygen atoms in total. The number of hydrogen-bond acceptors (Lipinski definition) is 2. The van der Waals surface area contributed by atoms with Crippen molar-refractivity contribution in [1.29, 1.82) is 0 Å². The summed E-state index contributed by atoms with van der Waals surface area (Å²) in [6.07, 6.45) is 0. The molecule has 0 heterocycles. The van der Waals surface area contributed by atoms with Crippen molar-refractivity contribution < 1.29 is 14.7 Å². The average molecular weight is 247 g/mol. The Morgan fingerprint density at radius 3 is 2.17 bits per heavy atom. The molecule has 0 aliphatic rings. The molecule has 1 aromatic carbocycles. The largest absolute Gasteiger partial charge is 0.478 e. The maximum absolute atomic E-state index is 12.0. The number of hydrogen-bond donors (Lipinski definition) is 2. The van der Waals surface area contributed by atoms with Gasteiger partial charge in [-0.25, -0.2) is 4.79 Å². The molecule has 1 aromatic rings. The zero-order valence-corrected chi connectivity index (χ0v) is 10.8. The first-order chi connectivity index (χ1) is 8.34. The van der Waals surface area contributed by atoms with Crippen LogP contribution >= 0.6 is 0 Å². The Balaban J connectivity index is 3.21. The maximum Gasteiger partial charge on any atom is 0.336 e. The van der Waals surface area contributed by atoms with Gasteiger partial charge >= 0.3 is 5.97 Å². The highest BCUT2D eigenvalue weighted by Gasteiger charge is 2.20. The lowest BCUT2D eigenvalue weighted by atomic mass is 9.96. The molecule has 1 amide bonds. The number of benzene rings is 1. The van der Waals surface area contributed by atoms with E-state index >= 15 is 0 Å². The van der Waals surface area contributed by atoms with Crippen LogP contribution in [0.4, 0.5) is 0 Å². The molecule has 0 aliphatic carbocycles. The molecule has 0 saturated carbocycles. The average Bonchev–Trinajstić information content (AvgIpc) is 2.28. The quantitative estimate of drug-likeness (QED) is 0.802. The summed E-state index contributed by atoms with van der Waals surface area (Å²) in [4.78, 5) is 23.3. The van der Waals surface area contributed by atoms with Crippen molar-refractivity contribution in [2.75, 3.05) is 6.54 Å². The molecular weight excluding hydrogens is 230 g/mol. The third-order valence-corrected chi connectivity index (χ3v) is 2.61. The fourth-order valence-electron chi connectivity index (χ4n) is 1.70. The zero-order chi connectivity index (χ0) is 13.9. The first-order valence-electron chi connectivity index (χ1n) is 5.60. The van der Waals surface area contributed by atoms with Crippen LogP contribution in [0.3, 0.4) is 0 Å².